The molecule has 3 aromatic carbocycles. The van der Waals surface area contributed by atoms with Gasteiger partial charge in [-0.05, 0) is 62.1 Å². The zero-order valence-corrected chi connectivity index (χ0v) is 19.1. The van der Waals surface area contributed by atoms with E-state index in [1.807, 2.05) is 105 Å². The molecule has 4 rings (SSSR count). The first-order chi connectivity index (χ1) is 15.4. The van der Waals surface area contributed by atoms with E-state index in [4.69, 9.17) is 0 Å². The number of nitrogens with zero attached hydrogens (tertiary/aromatic N) is 2. The number of likely N-dealkylation sites (N-methyl/N-ethyl adjacent to an activating group) is 1. The molecular formula is C28H28N2O2. The van der Waals surface area contributed by atoms with Gasteiger partial charge in [0, 0.05) is 12.2 Å². The van der Waals surface area contributed by atoms with Gasteiger partial charge in [0.1, 0.15) is 5.70 Å². The number of anilines is 1. The van der Waals surface area contributed by atoms with E-state index < -0.39 is 0 Å². The average molecular weight is 425 g/mol. The van der Waals surface area contributed by atoms with Crippen LogP contribution in [0.2, 0.25) is 0 Å². The predicted octanol–water partition coefficient (Wildman–Crippen LogP) is 5.42. The van der Waals surface area contributed by atoms with Crippen LogP contribution >= 0.6 is 0 Å². The lowest BCUT2D eigenvalue weighted by molar-refractivity contribution is -0.137. The minimum atomic E-state index is -0.255. The number of rotatable bonds is 6. The minimum absolute atomic E-state index is 0.247. The number of benzene rings is 3. The lowest BCUT2D eigenvalue weighted by Crippen LogP contribution is -2.34. The third-order valence-electron chi connectivity index (χ3n) is 6.05. The summed E-state index contributed by atoms with van der Waals surface area (Å²) < 4.78 is 0. The second-order valence-electron chi connectivity index (χ2n) is 8.28. The highest BCUT2D eigenvalue weighted by molar-refractivity contribution is 6.36. The van der Waals surface area contributed by atoms with Crippen LogP contribution in [0, 0.1) is 20.8 Å². The summed E-state index contributed by atoms with van der Waals surface area (Å²) in [5.41, 5.74) is 6.90. The molecule has 0 aliphatic carbocycles. The van der Waals surface area contributed by atoms with Crippen LogP contribution in [0.3, 0.4) is 0 Å². The van der Waals surface area contributed by atoms with Gasteiger partial charge in [0.2, 0.25) is 0 Å². The second kappa shape index (κ2) is 8.83. The number of carbonyl (C=O) groups is 2. The monoisotopic (exact) mass is 424 g/mol. The lowest BCUT2D eigenvalue weighted by Gasteiger charge is -2.25. The Bertz CT molecular complexity index is 1190. The van der Waals surface area contributed by atoms with Crippen LogP contribution in [0.4, 0.5) is 5.69 Å². The summed E-state index contributed by atoms with van der Waals surface area (Å²) in [7, 11) is 0. The second-order valence-corrected chi connectivity index (χ2v) is 8.28. The molecule has 1 aliphatic heterocycles. The summed E-state index contributed by atoms with van der Waals surface area (Å²) in [6.45, 7) is 8.92. The van der Waals surface area contributed by atoms with E-state index in [1.165, 1.54) is 4.90 Å². The highest BCUT2D eigenvalue weighted by atomic mass is 16.2. The van der Waals surface area contributed by atoms with E-state index >= 15 is 0 Å². The predicted molar refractivity (Wildman–Crippen MR) is 129 cm³/mol. The van der Waals surface area contributed by atoms with Crippen molar-refractivity contribution in [1.29, 1.82) is 0 Å². The maximum atomic E-state index is 13.7. The largest absolute Gasteiger partial charge is 0.337 e. The van der Waals surface area contributed by atoms with Crippen molar-refractivity contribution in [2.75, 3.05) is 11.4 Å². The van der Waals surface area contributed by atoms with Crippen molar-refractivity contribution in [1.82, 2.24) is 4.90 Å². The fourth-order valence-corrected chi connectivity index (χ4v) is 4.07. The molecule has 2 amide bonds. The van der Waals surface area contributed by atoms with Gasteiger partial charge < -0.3 is 4.90 Å². The summed E-state index contributed by atoms with van der Waals surface area (Å²) in [6.07, 6.45) is 0. The van der Waals surface area contributed by atoms with Gasteiger partial charge in [-0.1, -0.05) is 66.2 Å². The Morgan fingerprint density at radius 2 is 1.47 bits per heavy atom. The lowest BCUT2D eigenvalue weighted by atomic mass is 9.99. The molecular weight excluding hydrogens is 396 g/mol. The van der Waals surface area contributed by atoms with Crippen molar-refractivity contribution in [3.05, 3.63) is 106 Å². The Labute approximate surface area is 189 Å². The molecule has 4 heteroatoms. The smallest absolute Gasteiger partial charge is 0.278 e. The first-order valence-corrected chi connectivity index (χ1v) is 11.0. The Balaban J connectivity index is 1.83. The summed E-state index contributed by atoms with van der Waals surface area (Å²) in [6, 6.07) is 23.7. The third-order valence-corrected chi connectivity index (χ3v) is 6.05. The van der Waals surface area contributed by atoms with Crippen LogP contribution in [0.25, 0.3) is 5.57 Å². The molecule has 3 aromatic rings. The number of amides is 2. The van der Waals surface area contributed by atoms with Gasteiger partial charge in [-0.3, -0.25) is 14.5 Å². The zero-order valence-electron chi connectivity index (χ0n) is 19.1. The quantitative estimate of drug-likeness (QED) is 0.496. The van der Waals surface area contributed by atoms with Crippen LogP contribution in [0.15, 0.2) is 78.5 Å². The highest BCUT2D eigenvalue weighted by Crippen LogP contribution is 2.35. The number of hydrogen-bond acceptors (Lipinski definition) is 3. The van der Waals surface area contributed by atoms with E-state index in [-0.39, 0.29) is 18.4 Å². The van der Waals surface area contributed by atoms with E-state index in [1.54, 1.807) is 0 Å². The van der Waals surface area contributed by atoms with Crippen molar-refractivity contribution in [3.8, 4) is 0 Å². The van der Waals surface area contributed by atoms with Crippen LogP contribution in [-0.4, -0.2) is 23.3 Å². The minimum Gasteiger partial charge on any atom is -0.337 e. The number of hydrogen-bond donors (Lipinski definition) is 0. The van der Waals surface area contributed by atoms with Gasteiger partial charge in [-0.2, -0.15) is 0 Å². The fraction of sp³-hybridized carbons (Fsp3) is 0.214. The van der Waals surface area contributed by atoms with Crippen LogP contribution in [0.1, 0.15) is 34.7 Å². The van der Waals surface area contributed by atoms with E-state index in [2.05, 4.69) is 0 Å². The van der Waals surface area contributed by atoms with Gasteiger partial charge in [-0.25, -0.2) is 0 Å². The molecule has 1 aliphatic rings. The maximum absolute atomic E-state index is 13.7. The van der Waals surface area contributed by atoms with Gasteiger partial charge in [0.15, 0.2) is 0 Å². The first kappa shape index (κ1) is 21.6. The SMILES string of the molecule is CCN(C1=C(c2ccc(C)c(C)c2)C(=O)N(Cc2ccc(C)cc2)C1=O)c1ccccc1. The number of aryl methyl sites for hydroxylation is 3. The molecule has 4 nitrogen and oxygen atoms in total. The van der Waals surface area contributed by atoms with Gasteiger partial charge in [0.05, 0.1) is 12.1 Å². The molecule has 0 saturated heterocycles. The van der Waals surface area contributed by atoms with Gasteiger partial charge in [-0.15, -0.1) is 0 Å². The molecule has 0 aromatic heterocycles. The molecule has 1 heterocycles. The summed E-state index contributed by atoms with van der Waals surface area (Å²) in [5, 5.41) is 0. The number of carbonyl (C=O) groups excluding carboxylic acids is 2. The molecule has 0 fully saturated rings. The Morgan fingerprint density at radius 1 is 0.781 bits per heavy atom. The zero-order chi connectivity index (χ0) is 22.8. The maximum Gasteiger partial charge on any atom is 0.278 e. The molecule has 32 heavy (non-hydrogen) atoms. The Morgan fingerprint density at radius 3 is 2.09 bits per heavy atom. The first-order valence-electron chi connectivity index (χ1n) is 11.0. The normalized spacial score (nSPS) is 13.8. The molecule has 0 bridgehead atoms. The molecule has 0 unspecified atom stereocenters. The van der Waals surface area contributed by atoms with E-state index in [9.17, 15) is 9.59 Å². The molecule has 0 spiro atoms. The molecule has 0 radical (unpaired) electrons. The molecule has 162 valence electrons. The molecule has 0 N–H and O–H groups in total. The van der Waals surface area contributed by atoms with Crippen LogP contribution in [0.5, 0.6) is 0 Å². The highest BCUT2D eigenvalue weighted by Gasteiger charge is 2.41. The van der Waals surface area contributed by atoms with Gasteiger partial charge in [0.25, 0.3) is 11.8 Å². The average Bonchev–Trinajstić information content (AvgIpc) is 3.03. The van der Waals surface area contributed by atoms with Crippen molar-refractivity contribution in [2.45, 2.75) is 34.2 Å². The number of imide groups is 1. The van der Waals surface area contributed by atoms with Crippen LogP contribution < -0.4 is 4.90 Å². The topological polar surface area (TPSA) is 40.6 Å². The summed E-state index contributed by atoms with van der Waals surface area (Å²) >= 11 is 0. The van der Waals surface area contributed by atoms with Crippen molar-refractivity contribution >= 4 is 23.1 Å². The van der Waals surface area contributed by atoms with Crippen molar-refractivity contribution < 1.29 is 9.59 Å². The van der Waals surface area contributed by atoms with E-state index in [0.29, 0.717) is 17.8 Å². The Hall–Kier alpha value is -3.66. The fourth-order valence-electron chi connectivity index (χ4n) is 4.07. The molecule has 0 atom stereocenters. The number of para-hydroxylation sites is 1. The van der Waals surface area contributed by atoms with Crippen molar-refractivity contribution in [3.63, 3.8) is 0 Å². The standard InChI is InChI=1S/C28H28N2O2/c1-5-29(24-9-7-6-8-10-24)26-25(23-16-13-20(3)21(4)17-23)27(31)30(28(26)32)18-22-14-11-19(2)12-15-22/h6-17H,5,18H2,1-4H3. The Kier molecular flexibility index (Phi) is 5.95. The summed E-state index contributed by atoms with van der Waals surface area (Å²) in [4.78, 5) is 30.7. The van der Waals surface area contributed by atoms with Gasteiger partial charge >= 0.3 is 0 Å². The summed E-state index contributed by atoms with van der Waals surface area (Å²) in [5.74, 6) is -0.502. The van der Waals surface area contributed by atoms with Crippen LogP contribution in [-0.2, 0) is 16.1 Å². The molecule has 0 saturated carbocycles. The van der Waals surface area contributed by atoms with E-state index in [0.717, 1.165) is 33.5 Å². The third kappa shape index (κ3) is 3.96. The van der Waals surface area contributed by atoms with Crippen molar-refractivity contribution in [2.24, 2.45) is 0 Å².